The van der Waals surface area contributed by atoms with Gasteiger partial charge < -0.3 is 15.2 Å². The molecular formula is C31H29FN2O5S. The third-order valence-corrected chi connectivity index (χ3v) is 8.18. The molecule has 1 aliphatic heterocycles. The Balaban J connectivity index is 1.81. The Bertz CT molecular complexity index is 1500. The summed E-state index contributed by atoms with van der Waals surface area (Å²) in [4.78, 5) is 44.0. The molecular weight excluding hydrogens is 531 g/mol. The predicted octanol–water partition coefficient (Wildman–Crippen LogP) is 5.41. The number of Topliss-reactive ketones (excluding diaryl/α,β-unsaturated/α-hetero) is 1. The molecule has 5 rings (SSSR count). The number of nitrogens with two attached hydrogens (primary N) is 1. The van der Waals surface area contributed by atoms with Gasteiger partial charge >= 0.3 is 11.9 Å². The largest absolute Gasteiger partial charge is 0.465 e. The number of esters is 2. The Labute approximate surface area is 235 Å². The minimum Gasteiger partial charge on any atom is -0.465 e. The van der Waals surface area contributed by atoms with Crippen LogP contribution in [0.3, 0.4) is 0 Å². The van der Waals surface area contributed by atoms with Gasteiger partial charge in [0.05, 0.1) is 24.7 Å². The van der Waals surface area contributed by atoms with Gasteiger partial charge in [0.2, 0.25) is 0 Å². The SMILES string of the molecule is CCOC(=O)C1=C(N)N(c2ccccc2)C2=C(C(=O)[C@H](C(=O)OCC)[C@@H](c3cccs3)C2)[C@@H]1c1cccc(F)c1. The molecule has 0 spiro atoms. The van der Waals surface area contributed by atoms with Crippen molar-refractivity contribution in [1.29, 1.82) is 0 Å². The second-order valence-electron chi connectivity index (χ2n) is 9.46. The van der Waals surface area contributed by atoms with Crippen LogP contribution in [0.5, 0.6) is 0 Å². The summed E-state index contributed by atoms with van der Waals surface area (Å²) in [5.74, 6) is -4.99. The first-order valence-electron chi connectivity index (χ1n) is 13.1. The van der Waals surface area contributed by atoms with Gasteiger partial charge in [-0.15, -0.1) is 11.3 Å². The molecule has 0 saturated heterocycles. The first-order valence-corrected chi connectivity index (χ1v) is 14.0. The van der Waals surface area contributed by atoms with Gasteiger partial charge in [-0.3, -0.25) is 14.5 Å². The maximum Gasteiger partial charge on any atom is 0.338 e. The van der Waals surface area contributed by atoms with E-state index in [0.29, 0.717) is 16.9 Å². The summed E-state index contributed by atoms with van der Waals surface area (Å²) in [7, 11) is 0. The molecule has 3 aromatic rings. The molecule has 1 aliphatic carbocycles. The number of allylic oxidation sites excluding steroid dienone is 2. The van der Waals surface area contributed by atoms with E-state index >= 15 is 0 Å². The molecule has 0 radical (unpaired) electrons. The fraction of sp³-hybridized carbons (Fsp3) is 0.258. The lowest BCUT2D eigenvalue weighted by Gasteiger charge is -2.43. The smallest absolute Gasteiger partial charge is 0.338 e. The third kappa shape index (κ3) is 4.81. The summed E-state index contributed by atoms with van der Waals surface area (Å²) < 4.78 is 25.4. The van der Waals surface area contributed by atoms with Gasteiger partial charge in [-0.25, -0.2) is 9.18 Å². The van der Waals surface area contributed by atoms with E-state index in [-0.39, 0.29) is 36.6 Å². The molecule has 0 amide bonds. The first-order chi connectivity index (χ1) is 19.4. The van der Waals surface area contributed by atoms with Gasteiger partial charge in [-0.2, -0.15) is 0 Å². The Morgan fingerprint density at radius 2 is 1.77 bits per heavy atom. The summed E-state index contributed by atoms with van der Waals surface area (Å²) in [5.41, 5.74) is 8.56. The van der Waals surface area contributed by atoms with E-state index in [9.17, 15) is 18.8 Å². The van der Waals surface area contributed by atoms with Crippen molar-refractivity contribution in [2.75, 3.05) is 18.1 Å². The highest BCUT2D eigenvalue weighted by Gasteiger charge is 2.51. The van der Waals surface area contributed by atoms with Crippen molar-refractivity contribution in [2.45, 2.75) is 32.1 Å². The van der Waals surface area contributed by atoms with Gasteiger partial charge in [-0.1, -0.05) is 36.4 Å². The molecule has 7 nitrogen and oxygen atoms in total. The zero-order valence-corrected chi connectivity index (χ0v) is 23.0. The number of rotatable bonds is 7. The van der Waals surface area contributed by atoms with Gasteiger partial charge in [0.15, 0.2) is 5.78 Å². The minimum absolute atomic E-state index is 0.0144. The zero-order chi connectivity index (χ0) is 28.4. The van der Waals surface area contributed by atoms with Crippen LogP contribution in [-0.2, 0) is 23.9 Å². The number of anilines is 1. The van der Waals surface area contributed by atoms with Crippen LogP contribution >= 0.6 is 11.3 Å². The maximum atomic E-state index is 14.6. The average molecular weight is 561 g/mol. The van der Waals surface area contributed by atoms with E-state index in [2.05, 4.69) is 0 Å². The van der Waals surface area contributed by atoms with E-state index in [1.165, 1.54) is 29.5 Å². The number of carbonyl (C=O) groups excluding carboxylic acids is 3. The van der Waals surface area contributed by atoms with Gasteiger partial charge in [0.1, 0.15) is 17.6 Å². The molecule has 40 heavy (non-hydrogen) atoms. The summed E-state index contributed by atoms with van der Waals surface area (Å²) in [6.07, 6.45) is 0.266. The van der Waals surface area contributed by atoms with Crippen molar-refractivity contribution in [3.8, 4) is 0 Å². The van der Waals surface area contributed by atoms with Crippen LogP contribution in [0.1, 0.15) is 42.5 Å². The van der Waals surface area contributed by atoms with E-state index in [4.69, 9.17) is 15.2 Å². The van der Waals surface area contributed by atoms with Gasteiger partial charge in [0, 0.05) is 27.8 Å². The van der Waals surface area contributed by atoms with Crippen molar-refractivity contribution in [1.82, 2.24) is 0 Å². The molecule has 2 aromatic carbocycles. The number of carbonyl (C=O) groups is 3. The first kappa shape index (κ1) is 27.3. The molecule has 0 saturated carbocycles. The average Bonchev–Trinajstić information content (AvgIpc) is 3.48. The summed E-state index contributed by atoms with van der Waals surface area (Å²) >= 11 is 1.45. The highest BCUT2D eigenvalue weighted by Crippen LogP contribution is 2.52. The lowest BCUT2D eigenvalue weighted by Crippen LogP contribution is -2.46. The number of hydrogen-bond donors (Lipinski definition) is 1. The summed E-state index contributed by atoms with van der Waals surface area (Å²) in [5, 5.41) is 1.89. The second kappa shape index (κ2) is 11.5. The fourth-order valence-corrected chi connectivity index (χ4v) is 6.47. The Hall–Kier alpha value is -4.24. The molecule has 0 bridgehead atoms. The molecule has 0 unspecified atom stereocenters. The van der Waals surface area contributed by atoms with Crippen molar-refractivity contribution < 1.29 is 28.2 Å². The summed E-state index contributed by atoms with van der Waals surface area (Å²) in [6, 6.07) is 18.6. The van der Waals surface area contributed by atoms with E-state index < -0.39 is 41.3 Å². The van der Waals surface area contributed by atoms with Crippen molar-refractivity contribution in [3.05, 3.63) is 111 Å². The van der Waals surface area contributed by atoms with Crippen LogP contribution in [0.2, 0.25) is 0 Å². The lowest BCUT2D eigenvalue weighted by atomic mass is 9.68. The van der Waals surface area contributed by atoms with Crippen molar-refractivity contribution >= 4 is 34.7 Å². The molecule has 2 aliphatic rings. The highest BCUT2D eigenvalue weighted by molar-refractivity contribution is 7.10. The number of para-hydroxylation sites is 1. The highest BCUT2D eigenvalue weighted by atomic mass is 32.1. The standard InChI is InChI=1S/C31H29FN2O5S/c1-3-38-30(36)25-21(23-14-9-15-40-23)17-22-26(28(25)35)24(18-10-8-11-19(32)16-18)27(31(37)39-4-2)29(33)34(22)20-12-6-5-7-13-20/h5-16,21,24-25H,3-4,17,33H2,1-2H3/t21-,24+,25-/m1/s1. The lowest BCUT2D eigenvalue weighted by molar-refractivity contribution is -0.152. The van der Waals surface area contributed by atoms with Crippen LogP contribution < -0.4 is 10.6 Å². The molecule has 2 N–H and O–H groups in total. The number of thiophene rings is 1. The number of nitrogens with zero attached hydrogens (tertiary/aromatic N) is 1. The molecule has 2 heterocycles. The Kier molecular flexibility index (Phi) is 7.84. The van der Waals surface area contributed by atoms with Crippen LogP contribution in [0.25, 0.3) is 0 Å². The van der Waals surface area contributed by atoms with Gasteiger partial charge in [0.25, 0.3) is 0 Å². The number of benzene rings is 2. The third-order valence-electron chi connectivity index (χ3n) is 7.18. The number of hydrogen-bond acceptors (Lipinski definition) is 8. The van der Waals surface area contributed by atoms with Crippen LogP contribution in [-0.4, -0.2) is 30.9 Å². The quantitative estimate of drug-likeness (QED) is 0.305. The van der Waals surface area contributed by atoms with E-state index in [1.807, 2.05) is 47.8 Å². The second-order valence-corrected chi connectivity index (χ2v) is 10.4. The topological polar surface area (TPSA) is 98.9 Å². The zero-order valence-electron chi connectivity index (χ0n) is 22.1. The number of ether oxygens (including phenoxy) is 2. The number of halogens is 1. The van der Waals surface area contributed by atoms with E-state index in [1.54, 1.807) is 24.8 Å². The minimum atomic E-state index is -1.14. The maximum absolute atomic E-state index is 14.6. The predicted molar refractivity (Wildman–Crippen MR) is 150 cm³/mol. The fourth-order valence-electron chi connectivity index (χ4n) is 5.60. The van der Waals surface area contributed by atoms with Crippen molar-refractivity contribution in [3.63, 3.8) is 0 Å². The van der Waals surface area contributed by atoms with Crippen molar-refractivity contribution in [2.24, 2.45) is 11.7 Å². The summed E-state index contributed by atoms with van der Waals surface area (Å²) in [6.45, 7) is 3.53. The number of ketones is 1. The van der Waals surface area contributed by atoms with Crippen LogP contribution in [0, 0.1) is 11.7 Å². The molecule has 1 aromatic heterocycles. The molecule has 0 fully saturated rings. The van der Waals surface area contributed by atoms with E-state index in [0.717, 1.165) is 4.88 Å². The Morgan fingerprint density at radius 1 is 1.02 bits per heavy atom. The Morgan fingerprint density at radius 3 is 2.42 bits per heavy atom. The molecule has 206 valence electrons. The normalized spacial score (nSPS) is 20.8. The van der Waals surface area contributed by atoms with Crippen LogP contribution in [0.15, 0.2) is 94.8 Å². The van der Waals surface area contributed by atoms with Gasteiger partial charge in [-0.05, 0) is 61.5 Å². The van der Waals surface area contributed by atoms with Crippen LogP contribution in [0.4, 0.5) is 10.1 Å². The molecule has 3 atom stereocenters. The molecule has 9 heteroatoms. The monoisotopic (exact) mass is 560 g/mol.